The number of carbonyl (C=O) groups is 1. The van der Waals surface area contributed by atoms with Crippen LogP contribution in [0.4, 0.5) is 0 Å². The molecule has 0 aromatic carbocycles. The number of hydrogen-bond donors (Lipinski definition) is 1. The first-order chi connectivity index (χ1) is 8.62. The van der Waals surface area contributed by atoms with Crippen molar-refractivity contribution in [3.63, 3.8) is 0 Å². The van der Waals surface area contributed by atoms with Gasteiger partial charge in [-0.3, -0.25) is 9.79 Å². The van der Waals surface area contributed by atoms with E-state index in [4.69, 9.17) is 0 Å². The molecular weight excluding hydrogens is 224 g/mol. The van der Waals surface area contributed by atoms with Crippen LogP contribution in [-0.2, 0) is 4.79 Å². The summed E-state index contributed by atoms with van der Waals surface area (Å²) in [6.45, 7) is 13.2. The molecule has 0 spiro atoms. The first-order valence-electron chi connectivity index (χ1n) is 6.36. The van der Waals surface area contributed by atoms with Gasteiger partial charge < -0.3 is 5.32 Å². The summed E-state index contributed by atoms with van der Waals surface area (Å²) in [5, 5.41) is 2.86. The van der Waals surface area contributed by atoms with Gasteiger partial charge in [-0.2, -0.15) is 0 Å². The molecule has 0 aliphatic carbocycles. The van der Waals surface area contributed by atoms with Gasteiger partial charge in [0.25, 0.3) is 0 Å². The smallest absolute Gasteiger partial charge is 0.224 e. The molecule has 0 saturated carbocycles. The molecule has 18 heavy (non-hydrogen) atoms. The van der Waals surface area contributed by atoms with Gasteiger partial charge >= 0.3 is 0 Å². The number of aliphatic imine (C=N–C) groups is 1. The molecule has 3 nitrogen and oxygen atoms in total. The van der Waals surface area contributed by atoms with Gasteiger partial charge in [-0.1, -0.05) is 32.6 Å². The van der Waals surface area contributed by atoms with Crippen molar-refractivity contribution >= 4 is 12.6 Å². The first kappa shape index (κ1) is 16.4. The molecule has 0 radical (unpaired) electrons. The summed E-state index contributed by atoms with van der Waals surface area (Å²) in [7, 11) is 0. The molecule has 3 heteroatoms. The van der Waals surface area contributed by atoms with Crippen molar-refractivity contribution in [1.82, 2.24) is 5.32 Å². The molecule has 1 amide bonds. The van der Waals surface area contributed by atoms with Crippen molar-refractivity contribution < 1.29 is 4.79 Å². The Morgan fingerprint density at radius 1 is 1.44 bits per heavy atom. The fourth-order valence-corrected chi connectivity index (χ4v) is 1.79. The fraction of sp³-hybridized carbons (Fsp3) is 0.467. The molecule has 0 rings (SSSR count). The predicted molar refractivity (Wildman–Crippen MR) is 78.4 cm³/mol. The van der Waals surface area contributed by atoms with Crippen molar-refractivity contribution in [3.05, 3.63) is 36.2 Å². The van der Waals surface area contributed by atoms with Crippen LogP contribution in [0.25, 0.3) is 0 Å². The van der Waals surface area contributed by atoms with Gasteiger partial charge in [-0.25, -0.2) is 0 Å². The van der Waals surface area contributed by atoms with E-state index < -0.39 is 0 Å². The third-order valence-corrected chi connectivity index (χ3v) is 2.89. The molecule has 1 N–H and O–H groups in total. The summed E-state index contributed by atoms with van der Waals surface area (Å²) >= 11 is 0. The van der Waals surface area contributed by atoms with Crippen molar-refractivity contribution in [3.8, 4) is 0 Å². The van der Waals surface area contributed by atoms with Crippen molar-refractivity contribution in [2.75, 3.05) is 0 Å². The summed E-state index contributed by atoms with van der Waals surface area (Å²) in [5.41, 5.74) is 1.92. The van der Waals surface area contributed by atoms with E-state index in [0.717, 1.165) is 24.1 Å². The molecule has 0 aliphatic heterocycles. The minimum absolute atomic E-state index is 0.0137. The van der Waals surface area contributed by atoms with Crippen molar-refractivity contribution in [2.24, 2.45) is 10.9 Å². The zero-order valence-electron chi connectivity index (χ0n) is 11.7. The molecule has 1 unspecified atom stereocenters. The second-order valence-corrected chi connectivity index (χ2v) is 4.04. The van der Waals surface area contributed by atoms with Crippen LogP contribution in [0.1, 0.15) is 40.0 Å². The normalized spacial score (nSPS) is 13.9. The van der Waals surface area contributed by atoms with Crippen molar-refractivity contribution in [1.29, 1.82) is 0 Å². The molecule has 0 saturated heterocycles. The van der Waals surface area contributed by atoms with Gasteiger partial charge in [-0.15, -0.1) is 0 Å². The van der Waals surface area contributed by atoms with E-state index in [0.29, 0.717) is 6.42 Å². The second kappa shape index (κ2) is 9.40. The lowest BCUT2D eigenvalue weighted by atomic mass is 9.92. The van der Waals surface area contributed by atoms with Crippen molar-refractivity contribution in [2.45, 2.75) is 40.0 Å². The zero-order chi connectivity index (χ0) is 14.0. The number of nitrogens with one attached hydrogen (secondary N) is 1. The van der Waals surface area contributed by atoms with Crippen LogP contribution in [0, 0.1) is 5.92 Å². The zero-order valence-corrected chi connectivity index (χ0v) is 11.7. The minimum atomic E-state index is 0.0137. The maximum atomic E-state index is 11.9. The molecule has 0 aromatic rings. The van der Waals surface area contributed by atoms with Gasteiger partial charge in [0.15, 0.2) is 0 Å². The Morgan fingerprint density at radius 3 is 2.50 bits per heavy atom. The highest BCUT2D eigenvalue weighted by Gasteiger charge is 2.14. The molecule has 100 valence electrons. The van der Waals surface area contributed by atoms with E-state index in [1.54, 1.807) is 6.20 Å². The highest BCUT2D eigenvalue weighted by molar-refractivity contribution is 5.78. The topological polar surface area (TPSA) is 41.5 Å². The highest BCUT2D eigenvalue weighted by atomic mass is 16.1. The summed E-state index contributed by atoms with van der Waals surface area (Å²) in [6, 6.07) is 0. The summed E-state index contributed by atoms with van der Waals surface area (Å²) in [4.78, 5) is 15.6. The van der Waals surface area contributed by atoms with Gasteiger partial charge in [0.2, 0.25) is 5.91 Å². The standard InChI is InChI=1S/C15H24N2O/c1-6-12(7-2)13(8-3)10-15(18)17-14(9-4)11-16-5/h6-7,11,13H,1,5,8-10H2,2-4H3,(H,17,18)/b12-7+,14-11+. The third-order valence-electron chi connectivity index (χ3n) is 2.89. The van der Waals surface area contributed by atoms with Gasteiger partial charge in [-0.05, 0) is 38.0 Å². The Morgan fingerprint density at radius 2 is 2.11 bits per heavy atom. The Bertz CT molecular complexity index is 354. The predicted octanol–water partition coefficient (Wildman–Crippen LogP) is 3.60. The Hall–Kier alpha value is -1.64. The second-order valence-electron chi connectivity index (χ2n) is 4.04. The Balaban J connectivity index is 4.58. The van der Waals surface area contributed by atoms with Crippen LogP contribution in [0.3, 0.4) is 0 Å². The average molecular weight is 248 g/mol. The summed E-state index contributed by atoms with van der Waals surface area (Å²) in [6.07, 6.45) is 7.54. The van der Waals surface area contributed by atoms with Crippen LogP contribution in [0.15, 0.2) is 41.2 Å². The number of rotatable bonds is 8. The maximum Gasteiger partial charge on any atom is 0.224 e. The summed E-state index contributed by atoms with van der Waals surface area (Å²) < 4.78 is 0. The van der Waals surface area contributed by atoms with Crippen LogP contribution < -0.4 is 5.32 Å². The number of nitrogens with zero attached hydrogens (tertiary/aromatic N) is 1. The first-order valence-corrected chi connectivity index (χ1v) is 6.36. The minimum Gasteiger partial charge on any atom is -0.328 e. The molecule has 0 aromatic heterocycles. The molecule has 0 aliphatic rings. The van der Waals surface area contributed by atoms with Gasteiger partial charge in [0, 0.05) is 18.3 Å². The maximum absolute atomic E-state index is 11.9. The van der Waals surface area contributed by atoms with Gasteiger partial charge in [0.05, 0.1) is 0 Å². The monoisotopic (exact) mass is 248 g/mol. The largest absolute Gasteiger partial charge is 0.328 e. The lowest BCUT2D eigenvalue weighted by Gasteiger charge is -2.16. The fourth-order valence-electron chi connectivity index (χ4n) is 1.79. The lowest BCUT2D eigenvalue weighted by molar-refractivity contribution is -0.121. The van der Waals surface area contributed by atoms with E-state index >= 15 is 0 Å². The molecule has 0 fully saturated rings. The van der Waals surface area contributed by atoms with E-state index in [2.05, 4.69) is 30.5 Å². The number of amides is 1. The quantitative estimate of drug-likeness (QED) is 0.517. The molecule has 0 heterocycles. The van der Waals surface area contributed by atoms with Crippen LogP contribution in [0.5, 0.6) is 0 Å². The Kier molecular flexibility index (Phi) is 8.54. The lowest BCUT2D eigenvalue weighted by Crippen LogP contribution is -2.25. The van der Waals surface area contributed by atoms with E-state index in [-0.39, 0.29) is 11.8 Å². The average Bonchev–Trinajstić information content (AvgIpc) is 2.38. The van der Waals surface area contributed by atoms with Crippen LogP contribution in [-0.4, -0.2) is 12.6 Å². The highest BCUT2D eigenvalue weighted by Crippen LogP contribution is 2.20. The van der Waals surface area contributed by atoms with E-state index in [1.807, 2.05) is 26.0 Å². The molecule has 1 atom stereocenters. The van der Waals surface area contributed by atoms with Crippen LogP contribution in [0.2, 0.25) is 0 Å². The Labute approximate surface area is 110 Å². The molecule has 0 bridgehead atoms. The number of hydrogen-bond acceptors (Lipinski definition) is 2. The summed E-state index contributed by atoms with van der Waals surface area (Å²) in [5.74, 6) is 0.238. The SMILES string of the molecule is C=C/C(=C\C)C(CC)CC(=O)N/C(=C/N=C)CC. The number of allylic oxidation sites excluding steroid dienone is 4. The molecular formula is C15H24N2O. The third kappa shape index (κ3) is 5.62. The number of carbonyl (C=O) groups excluding carboxylic acids is 1. The van der Waals surface area contributed by atoms with E-state index in [1.165, 1.54) is 0 Å². The van der Waals surface area contributed by atoms with E-state index in [9.17, 15) is 4.79 Å². The van der Waals surface area contributed by atoms with Gasteiger partial charge in [0.1, 0.15) is 0 Å². The van der Waals surface area contributed by atoms with Crippen LogP contribution >= 0.6 is 0 Å².